The van der Waals surface area contributed by atoms with Crippen LogP contribution in [-0.2, 0) is 24.6 Å². The zero-order chi connectivity index (χ0) is 14.3. The number of hydrogen-bond donors (Lipinski definition) is 1. The predicted octanol–water partition coefficient (Wildman–Crippen LogP) is 0.849. The van der Waals surface area contributed by atoms with Crippen molar-refractivity contribution in [1.82, 2.24) is 0 Å². The lowest BCUT2D eigenvalue weighted by Gasteiger charge is -2.24. The van der Waals surface area contributed by atoms with Crippen LogP contribution in [0.25, 0.3) is 0 Å². The van der Waals surface area contributed by atoms with E-state index in [9.17, 15) is 13.2 Å². The summed E-state index contributed by atoms with van der Waals surface area (Å²) in [6.07, 6.45) is 0. The van der Waals surface area contributed by atoms with Gasteiger partial charge in [-0.25, -0.2) is 8.98 Å². The van der Waals surface area contributed by atoms with E-state index in [-0.39, 0.29) is 5.70 Å². The second-order valence-corrected chi connectivity index (χ2v) is 5.64. The SMILES string of the molecule is COC(=O)c1ccc(C2(C)OS(=O)(=O)C=C2N)cc1. The molecule has 102 valence electrons. The van der Waals surface area contributed by atoms with E-state index in [1.54, 1.807) is 19.1 Å². The van der Waals surface area contributed by atoms with Gasteiger partial charge in [0, 0.05) is 0 Å². The Morgan fingerprint density at radius 2 is 1.89 bits per heavy atom. The highest BCUT2D eigenvalue weighted by Gasteiger charge is 2.42. The van der Waals surface area contributed by atoms with Crippen molar-refractivity contribution in [2.24, 2.45) is 5.73 Å². The van der Waals surface area contributed by atoms with E-state index in [2.05, 4.69) is 4.74 Å². The Labute approximate surface area is 110 Å². The maximum atomic E-state index is 11.4. The van der Waals surface area contributed by atoms with Crippen LogP contribution in [0.15, 0.2) is 35.4 Å². The number of ether oxygens (including phenoxy) is 1. The zero-order valence-corrected chi connectivity index (χ0v) is 11.2. The second-order valence-electron chi connectivity index (χ2n) is 4.25. The van der Waals surface area contributed by atoms with E-state index in [1.807, 2.05) is 0 Å². The van der Waals surface area contributed by atoms with Crippen molar-refractivity contribution in [3.63, 3.8) is 0 Å². The van der Waals surface area contributed by atoms with Crippen LogP contribution < -0.4 is 5.73 Å². The van der Waals surface area contributed by atoms with Crippen molar-refractivity contribution in [2.45, 2.75) is 12.5 Å². The number of nitrogens with two attached hydrogens (primary N) is 1. The molecule has 0 bridgehead atoms. The van der Waals surface area contributed by atoms with Gasteiger partial charge >= 0.3 is 5.97 Å². The first-order valence-corrected chi connectivity index (χ1v) is 6.88. The van der Waals surface area contributed by atoms with E-state index < -0.39 is 21.7 Å². The van der Waals surface area contributed by atoms with Crippen molar-refractivity contribution in [3.8, 4) is 0 Å². The molecule has 0 aromatic heterocycles. The molecular formula is C12H13NO5S. The minimum atomic E-state index is -3.76. The van der Waals surface area contributed by atoms with Gasteiger partial charge in [0.25, 0.3) is 10.1 Å². The predicted molar refractivity (Wildman–Crippen MR) is 67.4 cm³/mol. The van der Waals surface area contributed by atoms with Crippen LogP contribution in [0.5, 0.6) is 0 Å². The van der Waals surface area contributed by atoms with Gasteiger partial charge in [-0.15, -0.1) is 0 Å². The molecule has 0 saturated carbocycles. The molecule has 7 heteroatoms. The Hall–Kier alpha value is -1.86. The average Bonchev–Trinajstić information content (AvgIpc) is 2.58. The van der Waals surface area contributed by atoms with Crippen LogP contribution in [0.2, 0.25) is 0 Å². The molecule has 6 nitrogen and oxygen atoms in total. The molecule has 0 aliphatic carbocycles. The largest absolute Gasteiger partial charge is 0.465 e. The minimum absolute atomic E-state index is 0.0957. The summed E-state index contributed by atoms with van der Waals surface area (Å²) < 4.78 is 32.4. The van der Waals surface area contributed by atoms with Crippen molar-refractivity contribution < 1.29 is 22.1 Å². The average molecular weight is 283 g/mol. The summed E-state index contributed by atoms with van der Waals surface area (Å²) in [6, 6.07) is 6.20. The Morgan fingerprint density at radius 3 is 2.32 bits per heavy atom. The number of carbonyl (C=O) groups excluding carboxylic acids is 1. The van der Waals surface area contributed by atoms with Crippen LogP contribution in [0.3, 0.4) is 0 Å². The molecule has 1 aliphatic rings. The molecule has 0 spiro atoms. The molecule has 2 N–H and O–H groups in total. The first-order valence-electron chi connectivity index (χ1n) is 5.41. The lowest BCUT2D eigenvalue weighted by Crippen LogP contribution is -2.29. The molecule has 1 unspecified atom stereocenters. The van der Waals surface area contributed by atoms with E-state index in [4.69, 9.17) is 9.92 Å². The van der Waals surface area contributed by atoms with Gasteiger partial charge in [0.2, 0.25) is 0 Å². The maximum Gasteiger partial charge on any atom is 0.337 e. The first-order chi connectivity index (χ1) is 8.78. The Bertz CT molecular complexity index is 647. The van der Waals surface area contributed by atoms with Gasteiger partial charge < -0.3 is 10.5 Å². The van der Waals surface area contributed by atoms with Gasteiger partial charge in [0.15, 0.2) is 0 Å². The van der Waals surface area contributed by atoms with E-state index >= 15 is 0 Å². The maximum absolute atomic E-state index is 11.4. The number of carbonyl (C=O) groups is 1. The topological polar surface area (TPSA) is 95.7 Å². The summed E-state index contributed by atoms with van der Waals surface area (Å²) in [5.41, 5.74) is 5.46. The summed E-state index contributed by atoms with van der Waals surface area (Å²) in [5, 5.41) is 0.890. The van der Waals surface area contributed by atoms with Crippen molar-refractivity contribution >= 4 is 16.1 Å². The standard InChI is InChI=1S/C12H13NO5S/c1-12(10(13)7-19(15,16)18-12)9-5-3-8(4-6-9)11(14)17-2/h3-7H,13H2,1-2H3. The Kier molecular flexibility index (Phi) is 3.11. The fourth-order valence-electron chi connectivity index (χ4n) is 1.83. The summed E-state index contributed by atoms with van der Waals surface area (Å²) in [4.78, 5) is 11.3. The van der Waals surface area contributed by atoms with Gasteiger partial charge in [-0.2, -0.15) is 8.42 Å². The number of rotatable bonds is 2. The van der Waals surface area contributed by atoms with Gasteiger partial charge in [-0.3, -0.25) is 0 Å². The number of benzene rings is 1. The molecule has 0 amide bonds. The fraction of sp³-hybridized carbons (Fsp3) is 0.250. The lowest BCUT2D eigenvalue weighted by atomic mass is 9.93. The smallest absolute Gasteiger partial charge is 0.337 e. The van der Waals surface area contributed by atoms with Crippen LogP contribution in [0.4, 0.5) is 0 Å². The van der Waals surface area contributed by atoms with E-state index in [0.717, 1.165) is 5.41 Å². The Morgan fingerprint density at radius 1 is 1.32 bits per heavy atom. The van der Waals surface area contributed by atoms with Gasteiger partial charge in [-0.1, -0.05) is 12.1 Å². The van der Waals surface area contributed by atoms with E-state index in [1.165, 1.54) is 19.2 Å². The van der Waals surface area contributed by atoms with Crippen LogP contribution in [0, 0.1) is 0 Å². The molecule has 1 heterocycles. The number of hydrogen-bond acceptors (Lipinski definition) is 6. The zero-order valence-electron chi connectivity index (χ0n) is 10.4. The highest BCUT2D eigenvalue weighted by Crippen LogP contribution is 2.38. The van der Waals surface area contributed by atoms with Crippen LogP contribution >= 0.6 is 0 Å². The summed E-state index contributed by atoms with van der Waals surface area (Å²) >= 11 is 0. The van der Waals surface area contributed by atoms with Crippen LogP contribution in [-0.4, -0.2) is 21.5 Å². The van der Waals surface area contributed by atoms with Crippen molar-refractivity contribution in [3.05, 3.63) is 46.5 Å². The summed E-state index contributed by atoms with van der Waals surface area (Å²) in [7, 11) is -2.48. The van der Waals surface area contributed by atoms with Crippen LogP contribution in [0.1, 0.15) is 22.8 Å². The normalized spacial score (nSPS) is 24.8. The highest BCUT2D eigenvalue weighted by molar-refractivity contribution is 7.90. The Balaban J connectivity index is 2.39. The molecule has 19 heavy (non-hydrogen) atoms. The molecule has 1 aliphatic heterocycles. The molecule has 0 saturated heterocycles. The van der Waals surface area contributed by atoms with Gasteiger partial charge in [-0.05, 0) is 24.6 Å². The molecule has 1 atom stereocenters. The number of methoxy groups -OCH3 is 1. The molecule has 1 aromatic rings. The highest BCUT2D eigenvalue weighted by atomic mass is 32.2. The third-order valence-electron chi connectivity index (χ3n) is 2.96. The molecular weight excluding hydrogens is 270 g/mol. The number of esters is 1. The third kappa shape index (κ3) is 2.34. The molecule has 0 fully saturated rings. The minimum Gasteiger partial charge on any atom is -0.465 e. The van der Waals surface area contributed by atoms with Gasteiger partial charge in [0.05, 0.1) is 23.8 Å². The summed E-state index contributed by atoms with van der Waals surface area (Å²) in [5.74, 6) is -0.472. The van der Waals surface area contributed by atoms with Crippen molar-refractivity contribution in [1.29, 1.82) is 0 Å². The quantitative estimate of drug-likeness (QED) is 0.638. The van der Waals surface area contributed by atoms with Crippen molar-refractivity contribution in [2.75, 3.05) is 7.11 Å². The second kappa shape index (κ2) is 4.36. The first kappa shape index (κ1) is 13.6. The molecule has 1 aromatic carbocycles. The fourth-order valence-corrected chi connectivity index (χ4v) is 3.07. The van der Waals surface area contributed by atoms with Gasteiger partial charge in [0.1, 0.15) is 5.60 Å². The summed E-state index contributed by atoms with van der Waals surface area (Å²) in [6.45, 7) is 1.55. The molecule has 0 radical (unpaired) electrons. The lowest BCUT2D eigenvalue weighted by molar-refractivity contribution is 0.0600. The molecule has 2 rings (SSSR count). The monoisotopic (exact) mass is 283 g/mol. The van der Waals surface area contributed by atoms with E-state index in [0.29, 0.717) is 11.1 Å². The third-order valence-corrected chi connectivity index (χ3v) is 4.07.